The maximum Gasteiger partial charge on any atom is 0.161 e. The highest BCUT2D eigenvalue weighted by Crippen LogP contribution is 2.27. The average molecular weight is 245 g/mol. The van der Waals surface area contributed by atoms with Gasteiger partial charge < -0.3 is 14.2 Å². The number of benzene rings is 1. The van der Waals surface area contributed by atoms with Crippen LogP contribution in [-0.2, 0) is 6.61 Å². The van der Waals surface area contributed by atoms with E-state index in [9.17, 15) is 0 Å². The van der Waals surface area contributed by atoms with Crippen LogP contribution in [0.4, 0.5) is 0 Å². The molecule has 0 radical (unpaired) electrons. The molecule has 0 N–H and O–H groups in total. The highest BCUT2D eigenvalue weighted by atomic mass is 16.5. The van der Waals surface area contributed by atoms with Crippen molar-refractivity contribution in [2.24, 2.45) is 0 Å². The van der Waals surface area contributed by atoms with Crippen molar-refractivity contribution in [1.82, 2.24) is 4.98 Å². The van der Waals surface area contributed by atoms with Gasteiger partial charge in [-0.25, -0.2) is 0 Å². The second-order valence-corrected chi connectivity index (χ2v) is 3.67. The Labute approximate surface area is 106 Å². The van der Waals surface area contributed by atoms with Gasteiger partial charge in [-0.15, -0.1) is 0 Å². The molecule has 0 bridgehead atoms. The van der Waals surface area contributed by atoms with E-state index in [1.165, 1.54) is 0 Å². The van der Waals surface area contributed by atoms with Crippen LogP contribution in [0.15, 0.2) is 42.7 Å². The summed E-state index contributed by atoms with van der Waals surface area (Å²) in [6.45, 7) is 0.464. The summed E-state index contributed by atoms with van der Waals surface area (Å²) in [5.41, 5.74) is 1.01. The summed E-state index contributed by atoms with van der Waals surface area (Å²) in [6.07, 6.45) is 3.39. The Bertz CT molecular complexity index is 500. The summed E-state index contributed by atoms with van der Waals surface area (Å²) < 4.78 is 16.0. The molecule has 4 nitrogen and oxygen atoms in total. The Morgan fingerprint density at radius 3 is 2.56 bits per heavy atom. The fourth-order valence-corrected chi connectivity index (χ4v) is 1.57. The first-order chi connectivity index (χ1) is 8.83. The van der Waals surface area contributed by atoms with E-state index >= 15 is 0 Å². The van der Waals surface area contributed by atoms with Gasteiger partial charge in [-0.1, -0.05) is 6.07 Å². The Hall–Kier alpha value is -2.23. The fourth-order valence-electron chi connectivity index (χ4n) is 1.57. The number of nitrogens with zero attached hydrogens (tertiary/aromatic N) is 1. The number of pyridine rings is 1. The van der Waals surface area contributed by atoms with Crippen molar-refractivity contribution in [3.05, 3.63) is 48.3 Å². The summed E-state index contributed by atoms with van der Waals surface area (Å²) in [4.78, 5) is 3.99. The summed E-state index contributed by atoms with van der Waals surface area (Å²) >= 11 is 0. The van der Waals surface area contributed by atoms with Crippen LogP contribution in [0.1, 0.15) is 5.56 Å². The largest absolute Gasteiger partial charge is 0.493 e. The molecule has 1 heterocycles. The lowest BCUT2D eigenvalue weighted by molar-refractivity contribution is 0.302. The minimum atomic E-state index is 0.464. The van der Waals surface area contributed by atoms with E-state index < -0.39 is 0 Å². The van der Waals surface area contributed by atoms with Gasteiger partial charge in [0, 0.05) is 6.20 Å². The van der Waals surface area contributed by atoms with Gasteiger partial charge in [0.25, 0.3) is 0 Å². The van der Waals surface area contributed by atoms with Crippen molar-refractivity contribution < 1.29 is 14.2 Å². The van der Waals surface area contributed by atoms with Gasteiger partial charge >= 0.3 is 0 Å². The molecule has 0 aliphatic carbocycles. The predicted octanol–water partition coefficient (Wildman–Crippen LogP) is 2.68. The molecular formula is C14H15NO3. The molecule has 0 saturated heterocycles. The molecule has 0 amide bonds. The predicted molar refractivity (Wildman–Crippen MR) is 68.1 cm³/mol. The van der Waals surface area contributed by atoms with Crippen molar-refractivity contribution in [3.8, 4) is 17.2 Å². The smallest absolute Gasteiger partial charge is 0.161 e. The first kappa shape index (κ1) is 12.2. The van der Waals surface area contributed by atoms with E-state index in [2.05, 4.69) is 4.98 Å². The molecule has 94 valence electrons. The zero-order valence-corrected chi connectivity index (χ0v) is 10.4. The number of hydrogen-bond acceptors (Lipinski definition) is 4. The lowest BCUT2D eigenvalue weighted by Crippen LogP contribution is -1.97. The maximum atomic E-state index is 5.61. The van der Waals surface area contributed by atoms with Gasteiger partial charge in [-0.05, 0) is 29.8 Å². The molecule has 4 heteroatoms. The summed E-state index contributed by atoms with van der Waals surface area (Å²) in [6, 6.07) is 9.41. The topological polar surface area (TPSA) is 40.6 Å². The third kappa shape index (κ3) is 2.91. The molecule has 0 aliphatic heterocycles. The Morgan fingerprint density at radius 2 is 1.89 bits per heavy atom. The lowest BCUT2D eigenvalue weighted by Gasteiger charge is -2.10. The molecule has 0 aliphatic rings. The third-order valence-corrected chi connectivity index (χ3v) is 2.49. The van der Waals surface area contributed by atoms with Gasteiger partial charge in [0.1, 0.15) is 12.4 Å². The first-order valence-electron chi connectivity index (χ1n) is 5.57. The number of rotatable bonds is 5. The molecular weight excluding hydrogens is 230 g/mol. The highest BCUT2D eigenvalue weighted by molar-refractivity contribution is 5.42. The molecule has 18 heavy (non-hydrogen) atoms. The second-order valence-electron chi connectivity index (χ2n) is 3.67. The SMILES string of the molecule is COc1ccc(COc2cccnc2)cc1OC. The van der Waals surface area contributed by atoms with E-state index in [1.807, 2.05) is 30.3 Å². The number of methoxy groups -OCH3 is 2. The number of aromatic nitrogens is 1. The van der Waals surface area contributed by atoms with E-state index in [1.54, 1.807) is 26.6 Å². The normalized spacial score (nSPS) is 9.89. The Balaban J connectivity index is 2.06. The highest BCUT2D eigenvalue weighted by Gasteiger charge is 2.04. The van der Waals surface area contributed by atoms with Crippen molar-refractivity contribution >= 4 is 0 Å². The molecule has 1 aromatic carbocycles. The standard InChI is InChI=1S/C14H15NO3/c1-16-13-6-5-11(8-14(13)17-2)10-18-12-4-3-7-15-9-12/h3-9H,10H2,1-2H3. The molecule has 0 spiro atoms. The van der Waals surface area contributed by atoms with Gasteiger partial charge in [-0.3, -0.25) is 4.98 Å². The van der Waals surface area contributed by atoms with Crippen LogP contribution in [0, 0.1) is 0 Å². The molecule has 0 fully saturated rings. The molecule has 0 atom stereocenters. The third-order valence-electron chi connectivity index (χ3n) is 2.49. The van der Waals surface area contributed by atoms with Crippen molar-refractivity contribution in [1.29, 1.82) is 0 Å². The van der Waals surface area contributed by atoms with Crippen LogP contribution in [0.2, 0.25) is 0 Å². The minimum Gasteiger partial charge on any atom is -0.493 e. The van der Waals surface area contributed by atoms with Crippen LogP contribution in [0.25, 0.3) is 0 Å². The van der Waals surface area contributed by atoms with Gasteiger partial charge in [0.15, 0.2) is 11.5 Å². The average Bonchev–Trinajstić information content (AvgIpc) is 2.45. The van der Waals surface area contributed by atoms with Gasteiger partial charge in [0.2, 0.25) is 0 Å². The van der Waals surface area contributed by atoms with Crippen LogP contribution < -0.4 is 14.2 Å². The van der Waals surface area contributed by atoms with E-state index in [-0.39, 0.29) is 0 Å². The zero-order valence-electron chi connectivity index (χ0n) is 10.4. The van der Waals surface area contributed by atoms with Crippen LogP contribution >= 0.6 is 0 Å². The molecule has 0 unspecified atom stereocenters. The summed E-state index contributed by atoms with van der Waals surface area (Å²) in [5.74, 6) is 2.15. The number of ether oxygens (including phenoxy) is 3. The lowest BCUT2D eigenvalue weighted by atomic mass is 10.2. The molecule has 2 aromatic rings. The molecule has 2 rings (SSSR count). The van der Waals surface area contributed by atoms with E-state index in [4.69, 9.17) is 14.2 Å². The zero-order chi connectivity index (χ0) is 12.8. The monoisotopic (exact) mass is 245 g/mol. The van der Waals surface area contributed by atoms with Crippen LogP contribution in [-0.4, -0.2) is 19.2 Å². The van der Waals surface area contributed by atoms with Gasteiger partial charge in [-0.2, -0.15) is 0 Å². The van der Waals surface area contributed by atoms with Crippen molar-refractivity contribution in [2.45, 2.75) is 6.61 Å². The van der Waals surface area contributed by atoms with Crippen molar-refractivity contribution in [2.75, 3.05) is 14.2 Å². The van der Waals surface area contributed by atoms with Crippen LogP contribution in [0.5, 0.6) is 17.2 Å². The van der Waals surface area contributed by atoms with Crippen LogP contribution in [0.3, 0.4) is 0 Å². The van der Waals surface area contributed by atoms with E-state index in [0.717, 1.165) is 11.3 Å². The Morgan fingerprint density at radius 1 is 1.06 bits per heavy atom. The summed E-state index contributed by atoms with van der Waals surface area (Å²) in [7, 11) is 3.23. The van der Waals surface area contributed by atoms with E-state index in [0.29, 0.717) is 18.1 Å². The first-order valence-corrected chi connectivity index (χ1v) is 5.57. The summed E-state index contributed by atoms with van der Waals surface area (Å²) in [5, 5.41) is 0. The number of hydrogen-bond donors (Lipinski definition) is 0. The maximum absolute atomic E-state index is 5.61. The fraction of sp³-hybridized carbons (Fsp3) is 0.214. The van der Waals surface area contributed by atoms with Crippen molar-refractivity contribution in [3.63, 3.8) is 0 Å². The minimum absolute atomic E-state index is 0.464. The van der Waals surface area contributed by atoms with Gasteiger partial charge in [0.05, 0.1) is 20.4 Å². The molecule has 1 aromatic heterocycles. The molecule has 0 saturated carbocycles. The quantitative estimate of drug-likeness (QED) is 0.812. The Kier molecular flexibility index (Phi) is 4.02. The second kappa shape index (κ2) is 5.91.